The third kappa shape index (κ3) is 5.95. The number of hydrogen-bond donors (Lipinski definition) is 0. The second-order valence-electron chi connectivity index (χ2n) is 19.2. The molecule has 0 aromatic heterocycles. The summed E-state index contributed by atoms with van der Waals surface area (Å²) in [5.41, 5.74) is 22.0. The number of anilines is 6. The lowest BCUT2D eigenvalue weighted by atomic mass is 9.34. The highest BCUT2D eigenvalue weighted by molar-refractivity contribution is 6.97. The van der Waals surface area contributed by atoms with Crippen LogP contribution in [0.3, 0.4) is 0 Å². The molecule has 0 saturated heterocycles. The summed E-state index contributed by atoms with van der Waals surface area (Å²) in [5.74, 6) is 3.01. The summed E-state index contributed by atoms with van der Waals surface area (Å²) in [7, 11) is 0. The Kier molecular flexibility index (Phi) is 9.50. The Hall–Kier alpha value is -6.78. The van der Waals surface area contributed by atoms with E-state index in [1.165, 1.54) is 89.2 Å². The molecule has 314 valence electrons. The number of fused-ring (bicyclic) bond motifs is 10. The highest BCUT2D eigenvalue weighted by Gasteiger charge is 2.52. The van der Waals surface area contributed by atoms with Crippen molar-refractivity contribution in [3.05, 3.63) is 220 Å². The molecule has 64 heavy (non-hydrogen) atoms. The van der Waals surface area contributed by atoms with E-state index in [1.807, 2.05) is 0 Å². The summed E-state index contributed by atoms with van der Waals surface area (Å²) in [5, 5.41) is 0. The molecule has 4 heteroatoms. The minimum atomic E-state index is -0.602. The van der Waals surface area contributed by atoms with Gasteiger partial charge in [0.1, 0.15) is 11.5 Å². The van der Waals surface area contributed by atoms with Crippen LogP contribution in [0, 0.1) is 13.8 Å². The Morgan fingerprint density at radius 1 is 0.422 bits per heavy atom. The average molecular weight is 831 g/mol. The predicted molar refractivity (Wildman–Crippen MR) is 271 cm³/mol. The van der Waals surface area contributed by atoms with Gasteiger partial charge in [0, 0.05) is 17.4 Å². The first kappa shape index (κ1) is 40.0. The zero-order valence-corrected chi connectivity index (χ0v) is 38.3. The Balaban J connectivity index is 1.16. The largest absolute Gasteiger partial charge is 0.458 e. The van der Waals surface area contributed by atoms with Gasteiger partial charge in [-0.1, -0.05) is 173 Å². The van der Waals surface area contributed by atoms with Gasteiger partial charge in [0.25, 0.3) is 6.71 Å². The normalized spacial score (nSPS) is 14.2. The molecule has 0 aliphatic carbocycles. The fraction of sp³-hybridized carbons (Fsp3) is 0.200. The molecular weight excluding hydrogens is 775 g/mol. The maximum Gasteiger partial charge on any atom is 0.251 e. The molecule has 0 saturated carbocycles. The molecule has 8 aromatic carbocycles. The molecule has 0 atom stereocenters. The van der Waals surface area contributed by atoms with Crippen molar-refractivity contribution in [2.75, 3.05) is 9.80 Å². The van der Waals surface area contributed by atoms with Gasteiger partial charge in [0.2, 0.25) is 0 Å². The highest BCUT2D eigenvalue weighted by Crippen LogP contribution is 2.64. The van der Waals surface area contributed by atoms with Crippen molar-refractivity contribution >= 4 is 57.2 Å². The maximum absolute atomic E-state index is 7.06. The van der Waals surface area contributed by atoms with Gasteiger partial charge >= 0.3 is 0 Å². The van der Waals surface area contributed by atoms with Gasteiger partial charge in [-0.25, -0.2) is 0 Å². The molecule has 0 radical (unpaired) electrons. The second kappa shape index (κ2) is 15.2. The first-order chi connectivity index (χ1) is 31.1. The van der Waals surface area contributed by atoms with Gasteiger partial charge in [0.15, 0.2) is 0 Å². The van der Waals surface area contributed by atoms with Gasteiger partial charge in [-0.2, -0.15) is 0 Å². The monoisotopic (exact) mass is 830 g/mol. The molecule has 3 aliphatic heterocycles. The average Bonchev–Trinajstić information content (AvgIpc) is 3.30. The SMILES string of the molecule is Cc1ccc2c(c1)C1(c3ccccc3N(c3ccccc3)c3ccccc31)c1cc(C)ccc1N2c1ccc2c(c1)Oc1ccccc1B2c1c(C(C)C)cc(C(C)C)cc1C(C)C. The number of rotatable bonds is 6. The van der Waals surface area contributed by atoms with E-state index in [1.54, 1.807) is 0 Å². The number of hydrogen-bond acceptors (Lipinski definition) is 3. The summed E-state index contributed by atoms with van der Waals surface area (Å²) >= 11 is 0. The van der Waals surface area contributed by atoms with E-state index in [2.05, 4.69) is 235 Å². The molecule has 3 heterocycles. The van der Waals surface area contributed by atoms with Gasteiger partial charge in [0.05, 0.1) is 28.2 Å². The first-order valence-electron chi connectivity index (χ1n) is 23.2. The number of benzene rings is 8. The lowest BCUT2D eigenvalue weighted by Crippen LogP contribution is -2.57. The molecule has 0 unspecified atom stereocenters. The van der Waals surface area contributed by atoms with E-state index < -0.39 is 5.41 Å². The van der Waals surface area contributed by atoms with Crippen LogP contribution >= 0.6 is 0 Å². The van der Waals surface area contributed by atoms with E-state index in [4.69, 9.17) is 4.74 Å². The van der Waals surface area contributed by atoms with Crippen molar-refractivity contribution < 1.29 is 4.74 Å². The summed E-state index contributed by atoms with van der Waals surface area (Å²) in [4.78, 5) is 4.95. The van der Waals surface area contributed by atoms with Crippen molar-refractivity contribution in [3.63, 3.8) is 0 Å². The molecule has 0 fully saturated rings. The number of nitrogens with zero attached hydrogens (tertiary/aromatic N) is 2. The molecular formula is C60H55BN2O. The van der Waals surface area contributed by atoms with Crippen LogP contribution in [0.15, 0.2) is 170 Å². The van der Waals surface area contributed by atoms with E-state index >= 15 is 0 Å². The zero-order chi connectivity index (χ0) is 44.0. The first-order valence-corrected chi connectivity index (χ1v) is 23.2. The van der Waals surface area contributed by atoms with Crippen LogP contribution in [0.1, 0.15) is 109 Å². The van der Waals surface area contributed by atoms with Crippen molar-refractivity contribution in [2.45, 2.75) is 78.6 Å². The van der Waals surface area contributed by atoms with Gasteiger partial charge in [-0.15, -0.1) is 0 Å². The minimum absolute atomic E-state index is 0.0299. The van der Waals surface area contributed by atoms with E-state index in [0.717, 1.165) is 22.9 Å². The van der Waals surface area contributed by atoms with E-state index in [0.29, 0.717) is 17.8 Å². The molecule has 0 amide bonds. The lowest BCUT2D eigenvalue weighted by molar-refractivity contribution is 0.487. The number of ether oxygens (including phenoxy) is 1. The van der Waals surface area contributed by atoms with Gasteiger partial charge in [-0.3, -0.25) is 0 Å². The van der Waals surface area contributed by atoms with Crippen molar-refractivity contribution in [2.24, 2.45) is 0 Å². The smallest absolute Gasteiger partial charge is 0.251 e. The van der Waals surface area contributed by atoms with Crippen LogP contribution in [0.2, 0.25) is 0 Å². The van der Waals surface area contributed by atoms with Crippen molar-refractivity contribution in [1.29, 1.82) is 0 Å². The van der Waals surface area contributed by atoms with Crippen LogP contribution < -0.4 is 30.9 Å². The summed E-state index contributed by atoms with van der Waals surface area (Å²) in [6, 6.07) is 63.8. The predicted octanol–water partition coefficient (Wildman–Crippen LogP) is 14.2. The van der Waals surface area contributed by atoms with Crippen molar-refractivity contribution in [3.8, 4) is 11.5 Å². The number of para-hydroxylation sites is 4. The standard InChI is InChI=1S/C60H55BN2O/c1-37(2)42-34-45(38(3)4)59(46(35-42)39(5)6)61-51-22-14-17-25-57(51)64-58-36-44(28-29-52(58)61)63-55-30-26-40(7)32-49(55)60(50-33-41(8)27-31-56(50)63)47-20-12-15-23-53(47)62(43-18-10-9-11-19-43)54-24-16-13-21-48(54)60/h9-39H,1-8H3. The van der Waals surface area contributed by atoms with Crippen LogP contribution in [-0.4, -0.2) is 6.71 Å². The maximum atomic E-state index is 7.06. The topological polar surface area (TPSA) is 15.7 Å². The third-order valence-corrected chi connectivity index (χ3v) is 14.2. The van der Waals surface area contributed by atoms with Crippen LogP contribution in [0.4, 0.5) is 34.1 Å². The summed E-state index contributed by atoms with van der Waals surface area (Å²) < 4.78 is 7.06. The minimum Gasteiger partial charge on any atom is -0.458 e. The quantitative estimate of drug-likeness (QED) is 0.155. The van der Waals surface area contributed by atoms with E-state index in [-0.39, 0.29) is 6.71 Å². The summed E-state index contributed by atoms with van der Waals surface area (Å²) in [6.07, 6.45) is 0. The van der Waals surface area contributed by atoms with Crippen LogP contribution in [0.25, 0.3) is 0 Å². The Morgan fingerprint density at radius 2 is 0.922 bits per heavy atom. The fourth-order valence-electron chi connectivity index (χ4n) is 11.3. The van der Waals surface area contributed by atoms with Crippen LogP contribution in [-0.2, 0) is 5.41 Å². The Bertz CT molecular complexity index is 3000. The molecule has 0 N–H and O–H groups in total. The molecule has 8 aromatic rings. The Morgan fingerprint density at radius 3 is 1.50 bits per heavy atom. The van der Waals surface area contributed by atoms with Crippen molar-refractivity contribution in [1.82, 2.24) is 0 Å². The molecule has 1 spiro atoms. The van der Waals surface area contributed by atoms with E-state index in [9.17, 15) is 0 Å². The van der Waals surface area contributed by atoms with Crippen LogP contribution in [0.5, 0.6) is 11.5 Å². The molecule has 3 aliphatic rings. The zero-order valence-electron chi connectivity index (χ0n) is 38.3. The van der Waals surface area contributed by atoms with Gasteiger partial charge in [-0.05, 0) is 130 Å². The Labute approximate surface area is 380 Å². The summed E-state index contributed by atoms with van der Waals surface area (Å²) in [6.45, 7) is 18.5. The fourth-order valence-corrected chi connectivity index (χ4v) is 11.3. The highest BCUT2D eigenvalue weighted by atomic mass is 16.5. The third-order valence-electron chi connectivity index (χ3n) is 14.2. The molecule has 3 nitrogen and oxygen atoms in total. The molecule has 11 rings (SSSR count). The number of aryl methyl sites for hydroxylation is 2. The van der Waals surface area contributed by atoms with Gasteiger partial charge < -0.3 is 14.5 Å². The lowest BCUT2D eigenvalue weighted by Gasteiger charge is -2.51. The second-order valence-corrected chi connectivity index (χ2v) is 19.2. The molecule has 0 bridgehead atoms.